The predicted octanol–water partition coefficient (Wildman–Crippen LogP) is 4.06. The molecule has 2 amide bonds. The molecule has 2 N–H and O–H groups in total. The van der Waals surface area contributed by atoms with Crippen LogP contribution in [-0.4, -0.2) is 42.3 Å². The number of para-hydroxylation sites is 1. The van der Waals surface area contributed by atoms with Crippen LogP contribution in [0, 0.1) is 6.92 Å². The van der Waals surface area contributed by atoms with Crippen molar-refractivity contribution < 1.29 is 14.3 Å². The Morgan fingerprint density at radius 2 is 2.06 bits per heavy atom. The van der Waals surface area contributed by atoms with Crippen LogP contribution in [0.25, 0.3) is 10.9 Å². The average Bonchev–Trinajstić information content (AvgIpc) is 3.28. The molecule has 0 aliphatic carbocycles. The number of hydrogen-bond donors (Lipinski definition) is 2. The second kappa shape index (κ2) is 9.22. The maximum absolute atomic E-state index is 13.1. The molecule has 0 spiro atoms. The fourth-order valence-electron chi connectivity index (χ4n) is 3.88. The largest absolute Gasteiger partial charge is 0.497 e. The van der Waals surface area contributed by atoms with Crippen molar-refractivity contribution in [3.8, 4) is 5.75 Å². The summed E-state index contributed by atoms with van der Waals surface area (Å²) in [5.41, 5.74) is 2.85. The Hall–Kier alpha value is -3.32. The van der Waals surface area contributed by atoms with Gasteiger partial charge < -0.3 is 24.7 Å². The van der Waals surface area contributed by atoms with Gasteiger partial charge in [-0.3, -0.25) is 4.79 Å². The zero-order valence-electron chi connectivity index (χ0n) is 17.8. The summed E-state index contributed by atoms with van der Waals surface area (Å²) in [5.74, 6) is 0.715. The number of amides is 2. The lowest BCUT2D eigenvalue weighted by molar-refractivity contribution is 0.0818. The number of urea groups is 1. The molecule has 4 rings (SSSR count). The summed E-state index contributed by atoms with van der Waals surface area (Å²) in [4.78, 5) is 30.5. The second-order valence-electron chi connectivity index (χ2n) is 7.84. The summed E-state index contributed by atoms with van der Waals surface area (Å²) in [5, 5.41) is 3.86. The number of anilines is 1. The van der Waals surface area contributed by atoms with Crippen molar-refractivity contribution in [2.24, 2.45) is 0 Å². The van der Waals surface area contributed by atoms with E-state index in [0.717, 1.165) is 29.3 Å². The number of nitrogens with zero attached hydrogens (tertiary/aromatic N) is 1. The number of methoxy groups -OCH3 is 1. The molecular weight excluding hydrogens is 394 g/mol. The first-order valence-electron chi connectivity index (χ1n) is 10.5. The van der Waals surface area contributed by atoms with E-state index >= 15 is 0 Å². The lowest BCUT2D eigenvalue weighted by Gasteiger charge is -2.26. The summed E-state index contributed by atoms with van der Waals surface area (Å²) < 4.78 is 10.9. The highest BCUT2D eigenvalue weighted by molar-refractivity contribution is 5.89. The Morgan fingerprint density at radius 1 is 1.26 bits per heavy atom. The minimum atomic E-state index is -0.274. The van der Waals surface area contributed by atoms with Crippen LogP contribution < -0.4 is 15.6 Å². The van der Waals surface area contributed by atoms with E-state index in [9.17, 15) is 9.59 Å². The van der Waals surface area contributed by atoms with Crippen molar-refractivity contribution in [2.45, 2.75) is 32.4 Å². The van der Waals surface area contributed by atoms with Gasteiger partial charge in [0.15, 0.2) is 0 Å². The Bertz CT molecular complexity index is 1120. The number of ether oxygens (including phenoxy) is 2. The maximum atomic E-state index is 13.1. The van der Waals surface area contributed by atoms with Gasteiger partial charge in [0.05, 0.1) is 25.3 Å². The minimum absolute atomic E-state index is 0.0246. The summed E-state index contributed by atoms with van der Waals surface area (Å²) in [6.07, 6.45) is 1.86. The van der Waals surface area contributed by atoms with Gasteiger partial charge >= 0.3 is 6.03 Å². The van der Waals surface area contributed by atoms with Crippen LogP contribution in [-0.2, 0) is 11.3 Å². The SMILES string of the molecule is COc1ccc(NC(=O)N(Cc2cc3cccc(C)c3[nH]c2=O)CC2CCCO2)cc1. The van der Waals surface area contributed by atoms with Gasteiger partial charge in [-0.05, 0) is 61.0 Å². The lowest BCUT2D eigenvalue weighted by atomic mass is 10.1. The zero-order valence-corrected chi connectivity index (χ0v) is 17.8. The monoisotopic (exact) mass is 421 g/mol. The van der Waals surface area contributed by atoms with E-state index in [1.54, 1.807) is 36.3 Å². The number of aromatic amines is 1. The molecule has 1 unspecified atom stereocenters. The summed E-state index contributed by atoms with van der Waals surface area (Å²) in [7, 11) is 1.60. The van der Waals surface area contributed by atoms with Gasteiger partial charge in [-0.15, -0.1) is 0 Å². The van der Waals surface area contributed by atoms with Crippen LogP contribution in [0.2, 0.25) is 0 Å². The predicted molar refractivity (Wildman–Crippen MR) is 121 cm³/mol. The topological polar surface area (TPSA) is 83.7 Å². The van der Waals surface area contributed by atoms with Crippen molar-refractivity contribution in [3.05, 3.63) is 70.0 Å². The number of aromatic nitrogens is 1. The number of benzene rings is 2. The molecule has 0 radical (unpaired) electrons. The van der Waals surface area contributed by atoms with Gasteiger partial charge in [0.25, 0.3) is 5.56 Å². The van der Waals surface area contributed by atoms with Crippen molar-refractivity contribution in [1.82, 2.24) is 9.88 Å². The van der Waals surface area contributed by atoms with Crippen LogP contribution in [0.4, 0.5) is 10.5 Å². The first-order valence-corrected chi connectivity index (χ1v) is 10.5. The molecule has 1 aromatic heterocycles. The molecule has 7 heteroatoms. The lowest BCUT2D eigenvalue weighted by Crippen LogP contribution is -2.40. The third-order valence-electron chi connectivity index (χ3n) is 5.60. The third kappa shape index (κ3) is 4.88. The van der Waals surface area contributed by atoms with E-state index in [-0.39, 0.29) is 24.2 Å². The molecule has 2 heterocycles. The van der Waals surface area contributed by atoms with E-state index in [1.165, 1.54) is 0 Å². The standard InChI is InChI=1S/C24H27N3O4/c1-16-5-3-6-17-13-18(23(28)26-22(16)17)14-27(15-21-7-4-12-31-21)24(29)25-19-8-10-20(30-2)11-9-19/h3,5-6,8-11,13,21H,4,7,12,14-15H2,1-2H3,(H,25,29)(H,26,28). The molecule has 1 saturated heterocycles. The van der Waals surface area contributed by atoms with Crippen LogP contribution in [0.1, 0.15) is 24.0 Å². The number of aryl methyl sites for hydroxylation is 1. The van der Waals surface area contributed by atoms with E-state index in [0.29, 0.717) is 30.2 Å². The molecule has 2 aromatic carbocycles. The molecule has 1 aliphatic heterocycles. The summed E-state index contributed by atoms with van der Waals surface area (Å²) in [6, 6.07) is 14.6. The number of rotatable bonds is 6. The second-order valence-corrected chi connectivity index (χ2v) is 7.84. The van der Waals surface area contributed by atoms with Gasteiger partial charge in [0.2, 0.25) is 0 Å². The highest BCUT2D eigenvalue weighted by Gasteiger charge is 2.24. The molecule has 1 fully saturated rings. The van der Waals surface area contributed by atoms with E-state index in [1.807, 2.05) is 31.2 Å². The van der Waals surface area contributed by atoms with Crippen molar-refractivity contribution in [1.29, 1.82) is 0 Å². The molecule has 162 valence electrons. The minimum Gasteiger partial charge on any atom is -0.497 e. The molecule has 7 nitrogen and oxygen atoms in total. The quantitative estimate of drug-likeness (QED) is 0.629. The number of carbonyl (C=O) groups is 1. The third-order valence-corrected chi connectivity index (χ3v) is 5.60. The number of H-pyrrole nitrogens is 1. The highest BCUT2D eigenvalue weighted by atomic mass is 16.5. The van der Waals surface area contributed by atoms with Crippen LogP contribution in [0.5, 0.6) is 5.75 Å². The highest BCUT2D eigenvalue weighted by Crippen LogP contribution is 2.20. The Labute approximate surface area is 181 Å². The van der Waals surface area contributed by atoms with E-state index in [4.69, 9.17) is 9.47 Å². The van der Waals surface area contributed by atoms with Gasteiger partial charge in [-0.2, -0.15) is 0 Å². The smallest absolute Gasteiger partial charge is 0.322 e. The fourth-order valence-corrected chi connectivity index (χ4v) is 3.88. The fraction of sp³-hybridized carbons (Fsp3) is 0.333. The van der Waals surface area contributed by atoms with Gasteiger partial charge in [0.1, 0.15) is 5.75 Å². The number of fused-ring (bicyclic) bond motifs is 1. The van der Waals surface area contributed by atoms with Crippen LogP contribution in [0.3, 0.4) is 0 Å². The summed E-state index contributed by atoms with van der Waals surface area (Å²) in [6.45, 7) is 3.28. The Balaban J connectivity index is 1.58. The maximum Gasteiger partial charge on any atom is 0.322 e. The van der Waals surface area contributed by atoms with Crippen LogP contribution in [0.15, 0.2) is 53.3 Å². The number of nitrogens with one attached hydrogen (secondary N) is 2. The summed E-state index contributed by atoms with van der Waals surface area (Å²) >= 11 is 0. The number of hydrogen-bond acceptors (Lipinski definition) is 4. The van der Waals surface area contributed by atoms with Crippen molar-refractivity contribution in [3.63, 3.8) is 0 Å². The Kier molecular flexibility index (Phi) is 6.23. The normalized spacial score (nSPS) is 15.7. The van der Waals surface area contributed by atoms with Crippen molar-refractivity contribution in [2.75, 3.05) is 25.6 Å². The zero-order chi connectivity index (χ0) is 21.8. The molecular formula is C24H27N3O4. The van der Waals surface area contributed by atoms with Gasteiger partial charge in [0, 0.05) is 24.4 Å². The van der Waals surface area contributed by atoms with E-state index in [2.05, 4.69) is 10.3 Å². The molecule has 1 aliphatic rings. The number of carbonyl (C=O) groups excluding carboxylic acids is 1. The van der Waals surface area contributed by atoms with Gasteiger partial charge in [-0.1, -0.05) is 18.2 Å². The van der Waals surface area contributed by atoms with Crippen molar-refractivity contribution >= 4 is 22.6 Å². The molecule has 0 saturated carbocycles. The number of pyridine rings is 1. The molecule has 0 bridgehead atoms. The van der Waals surface area contributed by atoms with E-state index < -0.39 is 0 Å². The average molecular weight is 421 g/mol. The first kappa shape index (κ1) is 20.9. The van der Waals surface area contributed by atoms with Crippen LogP contribution >= 0.6 is 0 Å². The Morgan fingerprint density at radius 3 is 2.77 bits per heavy atom. The molecule has 31 heavy (non-hydrogen) atoms. The van der Waals surface area contributed by atoms with Gasteiger partial charge in [-0.25, -0.2) is 4.79 Å². The molecule has 3 aromatic rings. The first-order chi connectivity index (χ1) is 15.0. The molecule has 1 atom stereocenters.